The fraction of sp³-hybridized carbons (Fsp3) is 0.0476. The lowest BCUT2D eigenvalue weighted by Gasteiger charge is -2.09. The summed E-state index contributed by atoms with van der Waals surface area (Å²) in [4.78, 5) is 14.2. The van der Waals surface area contributed by atoms with Crippen molar-refractivity contribution in [3.63, 3.8) is 0 Å². The van der Waals surface area contributed by atoms with Gasteiger partial charge in [-0.05, 0) is 55.5 Å². The molecular formula is C21H15ClN2O3S. The number of rotatable bonds is 5. The van der Waals surface area contributed by atoms with Gasteiger partial charge in [0.1, 0.15) is 0 Å². The molecule has 0 bridgehead atoms. The summed E-state index contributed by atoms with van der Waals surface area (Å²) in [5.41, 5.74) is 1.53. The van der Waals surface area contributed by atoms with Crippen molar-refractivity contribution < 1.29 is 13.9 Å². The van der Waals surface area contributed by atoms with Crippen LogP contribution >= 0.6 is 23.4 Å². The zero-order chi connectivity index (χ0) is 19.5. The predicted molar refractivity (Wildman–Crippen MR) is 108 cm³/mol. The van der Waals surface area contributed by atoms with Crippen LogP contribution in [0.2, 0.25) is 5.02 Å². The van der Waals surface area contributed by atoms with E-state index in [9.17, 15) is 4.79 Å². The molecule has 0 saturated heterocycles. The summed E-state index contributed by atoms with van der Waals surface area (Å²) in [7, 11) is 0. The number of hydrogen-bond acceptors (Lipinski definition) is 5. The average Bonchev–Trinajstić information content (AvgIpc) is 3.34. The minimum Gasteiger partial charge on any atom is -0.457 e. The first kappa shape index (κ1) is 18.4. The van der Waals surface area contributed by atoms with Crippen LogP contribution in [0.25, 0.3) is 5.69 Å². The Morgan fingerprint density at radius 1 is 1.07 bits per heavy atom. The molecule has 0 saturated carbocycles. The third-order valence-electron chi connectivity index (χ3n) is 3.91. The first-order valence-electron chi connectivity index (χ1n) is 8.46. The van der Waals surface area contributed by atoms with Gasteiger partial charge in [0.15, 0.2) is 0 Å². The maximum absolute atomic E-state index is 12.5. The predicted octanol–water partition coefficient (Wildman–Crippen LogP) is 5.80. The number of furan rings is 1. The first-order valence-corrected chi connectivity index (χ1v) is 9.65. The lowest BCUT2D eigenvalue weighted by molar-refractivity contribution is 0.0685. The molecule has 0 radical (unpaired) electrons. The number of aromatic nitrogens is 2. The molecule has 0 N–H and O–H groups in total. The molecule has 0 amide bonds. The fourth-order valence-electron chi connectivity index (χ4n) is 2.60. The molecule has 0 fully saturated rings. The minimum absolute atomic E-state index is 0.126. The summed E-state index contributed by atoms with van der Waals surface area (Å²) in [6, 6.07) is 20.1. The number of carbonyl (C=O) groups excluding carboxylic acids is 1. The largest absolute Gasteiger partial charge is 0.457 e. The summed E-state index contributed by atoms with van der Waals surface area (Å²) in [5.74, 6) is -0.119. The Morgan fingerprint density at radius 2 is 1.82 bits per heavy atom. The smallest absolute Gasteiger partial charge is 0.380 e. The van der Waals surface area contributed by atoms with E-state index in [1.807, 2.05) is 61.5 Å². The van der Waals surface area contributed by atoms with Crippen LogP contribution < -0.4 is 4.74 Å². The number of halogens is 1. The molecule has 7 heteroatoms. The Bertz CT molecular complexity index is 1090. The topological polar surface area (TPSA) is 57.3 Å². The normalized spacial score (nSPS) is 10.8. The fourth-order valence-corrected chi connectivity index (χ4v) is 3.63. The number of aryl methyl sites for hydroxylation is 1. The van der Waals surface area contributed by atoms with Crippen LogP contribution in [0.1, 0.15) is 16.2 Å². The second-order valence-corrected chi connectivity index (χ2v) is 7.41. The average molecular weight is 411 g/mol. The minimum atomic E-state index is -0.583. The van der Waals surface area contributed by atoms with E-state index in [0.29, 0.717) is 10.9 Å². The van der Waals surface area contributed by atoms with Crippen molar-refractivity contribution >= 4 is 29.3 Å². The Hall–Kier alpha value is -2.96. The lowest BCUT2D eigenvalue weighted by atomic mass is 10.3. The highest BCUT2D eigenvalue weighted by molar-refractivity contribution is 7.99. The van der Waals surface area contributed by atoms with Crippen molar-refractivity contribution in [2.75, 3.05) is 0 Å². The Kier molecular flexibility index (Phi) is 5.23. The summed E-state index contributed by atoms with van der Waals surface area (Å²) >= 11 is 7.44. The van der Waals surface area contributed by atoms with E-state index in [1.54, 1.807) is 16.8 Å². The van der Waals surface area contributed by atoms with E-state index in [2.05, 4.69) is 5.10 Å². The van der Waals surface area contributed by atoms with Crippen molar-refractivity contribution in [3.05, 3.63) is 89.5 Å². The molecule has 2 heterocycles. The summed E-state index contributed by atoms with van der Waals surface area (Å²) in [6.07, 6.45) is 1.43. The van der Waals surface area contributed by atoms with E-state index in [4.69, 9.17) is 20.8 Å². The highest BCUT2D eigenvalue weighted by atomic mass is 35.5. The van der Waals surface area contributed by atoms with Gasteiger partial charge in [-0.1, -0.05) is 41.6 Å². The van der Waals surface area contributed by atoms with Crippen molar-refractivity contribution in [2.45, 2.75) is 16.7 Å². The molecule has 0 unspecified atom stereocenters. The van der Waals surface area contributed by atoms with Gasteiger partial charge < -0.3 is 9.15 Å². The van der Waals surface area contributed by atoms with Gasteiger partial charge in [0, 0.05) is 9.92 Å². The lowest BCUT2D eigenvalue weighted by Crippen LogP contribution is -2.11. The van der Waals surface area contributed by atoms with E-state index >= 15 is 0 Å². The Balaban J connectivity index is 1.77. The van der Waals surface area contributed by atoms with E-state index in [-0.39, 0.29) is 5.76 Å². The molecule has 0 aliphatic heterocycles. The zero-order valence-electron chi connectivity index (χ0n) is 14.8. The second kappa shape index (κ2) is 7.96. The summed E-state index contributed by atoms with van der Waals surface area (Å²) in [5, 5.41) is 5.25. The number of hydrogen-bond donors (Lipinski definition) is 0. The summed E-state index contributed by atoms with van der Waals surface area (Å²) in [6.45, 7) is 1.88. The maximum atomic E-state index is 12.5. The Morgan fingerprint density at radius 3 is 2.50 bits per heavy atom. The van der Waals surface area contributed by atoms with E-state index < -0.39 is 5.97 Å². The van der Waals surface area contributed by atoms with Crippen LogP contribution in [-0.2, 0) is 0 Å². The quantitative estimate of drug-likeness (QED) is 0.389. The van der Waals surface area contributed by atoms with Crippen molar-refractivity contribution in [1.82, 2.24) is 9.78 Å². The Labute approximate surface area is 170 Å². The second-order valence-electron chi connectivity index (χ2n) is 5.89. The van der Waals surface area contributed by atoms with Gasteiger partial charge in [-0.3, -0.25) is 0 Å². The number of benzene rings is 2. The highest BCUT2D eigenvalue weighted by Gasteiger charge is 2.23. The van der Waals surface area contributed by atoms with Gasteiger partial charge >= 0.3 is 5.97 Å². The molecule has 4 aromatic rings. The van der Waals surface area contributed by atoms with Gasteiger partial charge in [0.25, 0.3) is 0 Å². The number of nitrogens with zero attached hydrogens (tertiary/aromatic N) is 2. The van der Waals surface area contributed by atoms with Crippen LogP contribution in [0.4, 0.5) is 0 Å². The van der Waals surface area contributed by atoms with Crippen LogP contribution in [0.15, 0.2) is 87.2 Å². The molecule has 0 atom stereocenters. The maximum Gasteiger partial charge on any atom is 0.380 e. The third kappa shape index (κ3) is 3.83. The van der Waals surface area contributed by atoms with Gasteiger partial charge in [0.2, 0.25) is 11.6 Å². The monoisotopic (exact) mass is 410 g/mol. The van der Waals surface area contributed by atoms with E-state index in [1.165, 1.54) is 18.0 Å². The summed E-state index contributed by atoms with van der Waals surface area (Å²) < 4.78 is 12.5. The number of carbonyl (C=O) groups is 1. The van der Waals surface area contributed by atoms with Crippen molar-refractivity contribution in [2.24, 2.45) is 0 Å². The first-order chi connectivity index (χ1) is 13.6. The molecule has 0 aliphatic rings. The van der Waals surface area contributed by atoms with Crippen molar-refractivity contribution in [1.29, 1.82) is 0 Å². The number of para-hydroxylation sites is 1. The molecular weight excluding hydrogens is 396 g/mol. The third-order valence-corrected chi connectivity index (χ3v) is 5.35. The van der Waals surface area contributed by atoms with Crippen LogP contribution in [0.3, 0.4) is 0 Å². The number of esters is 1. The van der Waals surface area contributed by atoms with Gasteiger partial charge in [-0.25, -0.2) is 4.79 Å². The van der Waals surface area contributed by atoms with E-state index in [0.717, 1.165) is 21.2 Å². The highest BCUT2D eigenvalue weighted by Crippen LogP contribution is 2.39. The number of ether oxygens (including phenoxy) is 1. The molecule has 2 aromatic carbocycles. The molecule has 28 heavy (non-hydrogen) atoms. The molecule has 140 valence electrons. The van der Waals surface area contributed by atoms with Crippen LogP contribution in [0.5, 0.6) is 5.88 Å². The molecule has 0 aliphatic carbocycles. The molecule has 5 nitrogen and oxygen atoms in total. The van der Waals surface area contributed by atoms with Gasteiger partial charge in [0.05, 0.1) is 22.5 Å². The van der Waals surface area contributed by atoms with Crippen molar-refractivity contribution in [3.8, 4) is 11.6 Å². The standard InChI is InChI=1S/C21H15ClN2O3S/c1-14-19(28-17-11-9-15(22)10-12-17)20(27-21(25)18-8-5-13-26-18)24(23-14)16-6-3-2-4-7-16/h2-13H,1H3. The molecule has 2 aromatic heterocycles. The van der Waals surface area contributed by atoms with Gasteiger partial charge in [-0.15, -0.1) is 0 Å². The SMILES string of the molecule is Cc1nn(-c2ccccc2)c(OC(=O)c2ccco2)c1Sc1ccc(Cl)cc1. The molecule has 4 rings (SSSR count). The van der Waals surface area contributed by atoms with Crippen LogP contribution in [-0.4, -0.2) is 15.7 Å². The molecule has 0 spiro atoms. The van der Waals surface area contributed by atoms with Gasteiger partial charge in [-0.2, -0.15) is 9.78 Å². The van der Waals surface area contributed by atoms with Crippen LogP contribution in [0, 0.1) is 6.92 Å². The zero-order valence-corrected chi connectivity index (χ0v) is 16.4.